The van der Waals surface area contributed by atoms with Gasteiger partial charge in [-0.1, -0.05) is 6.92 Å². The highest BCUT2D eigenvalue weighted by molar-refractivity contribution is 5.94. The standard InChI is InChI=1S/C25H23N7O3/c1-14-11-25(3,4)30-20-10-21(29-15(2)33)22(9-19(14)20)31-32-23-17(12-27)7-16(8-18(23)13-28)24(34)35-6-5-26/h7-10,14,30H,6,11H2,1-4H3,(H,29,33). The Morgan fingerprint density at radius 1 is 1.14 bits per heavy atom. The fourth-order valence-corrected chi connectivity index (χ4v) is 4.10. The number of nitrogens with zero attached hydrogens (tertiary/aromatic N) is 5. The molecule has 3 rings (SSSR count). The maximum absolute atomic E-state index is 12.1. The lowest BCUT2D eigenvalue weighted by Gasteiger charge is -2.38. The largest absolute Gasteiger partial charge is 0.447 e. The Kier molecular flexibility index (Phi) is 7.13. The summed E-state index contributed by atoms with van der Waals surface area (Å²) in [4.78, 5) is 23.9. The van der Waals surface area contributed by atoms with E-state index in [1.165, 1.54) is 19.1 Å². The fourth-order valence-electron chi connectivity index (χ4n) is 4.10. The molecule has 1 aliphatic heterocycles. The molecule has 2 N–H and O–H groups in total. The topological polar surface area (TPSA) is 164 Å². The summed E-state index contributed by atoms with van der Waals surface area (Å²) >= 11 is 0. The van der Waals surface area contributed by atoms with Crippen molar-refractivity contribution in [2.45, 2.75) is 45.6 Å². The zero-order valence-electron chi connectivity index (χ0n) is 19.8. The highest BCUT2D eigenvalue weighted by Crippen LogP contribution is 2.44. The molecule has 0 fully saturated rings. The summed E-state index contributed by atoms with van der Waals surface area (Å²) in [7, 11) is 0. The molecule has 2 aromatic rings. The number of carbonyl (C=O) groups is 2. The Bertz CT molecular complexity index is 1320. The number of azo groups is 1. The number of hydrogen-bond acceptors (Lipinski definition) is 9. The van der Waals surface area contributed by atoms with E-state index in [4.69, 9.17) is 10.00 Å². The SMILES string of the molecule is CC(=O)Nc1cc2c(cc1N=Nc1c(C#N)cc(C(=O)OCC#N)cc1C#N)C(C)CC(C)(C)N2. The molecule has 0 bridgehead atoms. The van der Waals surface area contributed by atoms with Crippen molar-refractivity contribution in [3.63, 3.8) is 0 Å². The van der Waals surface area contributed by atoms with Gasteiger partial charge in [-0.2, -0.15) is 15.8 Å². The molecule has 0 saturated heterocycles. The second-order valence-electron chi connectivity index (χ2n) is 8.83. The molecule has 35 heavy (non-hydrogen) atoms. The van der Waals surface area contributed by atoms with Gasteiger partial charge in [0.15, 0.2) is 6.61 Å². The molecule has 0 spiro atoms. The zero-order chi connectivity index (χ0) is 25.8. The van der Waals surface area contributed by atoms with Crippen LogP contribution in [0.2, 0.25) is 0 Å². The van der Waals surface area contributed by atoms with Crippen molar-refractivity contribution in [1.29, 1.82) is 15.8 Å². The molecule has 1 amide bonds. The molecule has 0 aromatic heterocycles. The van der Waals surface area contributed by atoms with Gasteiger partial charge in [-0.3, -0.25) is 4.79 Å². The molecule has 0 aliphatic carbocycles. The van der Waals surface area contributed by atoms with Crippen LogP contribution in [0.1, 0.15) is 67.1 Å². The molecule has 2 aromatic carbocycles. The first-order chi connectivity index (χ1) is 16.6. The van der Waals surface area contributed by atoms with E-state index in [1.807, 2.05) is 18.2 Å². The number of nitrogens with one attached hydrogen (secondary N) is 2. The maximum atomic E-state index is 12.1. The van der Waals surface area contributed by atoms with Crippen molar-refractivity contribution < 1.29 is 14.3 Å². The van der Waals surface area contributed by atoms with Crippen LogP contribution in [-0.2, 0) is 9.53 Å². The predicted molar refractivity (Wildman–Crippen MR) is 127 cm³/mol. The Balaban J connectivity index is 2.09. The molecular weight excluding hydrogens is 446 g/mol. The first-order valence-electron chi connectivity index (χ1n) is 10.8. The van der Waals surface area contributed by atoms with E-state index in [0.717, 1.165) is 17.7 Å². The first kappa shape index (κ1) is 24.9. The first-order valence-corrected chi connectivity index (χ1v) is 10.8. The van der Waals surface area contributed by atoms with Crippen LogP contribution in [0.3, 0.4) is 0 Å². The Morgan fingerprint density at radius 3 is 2.37 bits per heavy atom. The van der Waals surface area contributed by atoms with E-state index in [9.17, 15) is 20.1 Å². The summed E-state index contributed by atoms with van der Waals surface area (Å²) in [6.45, 7) is 7.23. The van der Waals surface area contributed by atoms with Crippen LogP contribution in [0.25, 0.3) is 0 Å². The number of anilines is 2. The Labute approximate surface area is 202 Å². The van der Waals surface area contributed by atoms with Gasteiger partial charge < -0.3 is 15.4 Å². The normalized spacial score (nSPS) is 15.6. The summed E-state index contributed by atoms with van der Waals surface area (Å²) in [5, 5.41) is 42.4. The highest BCUT2D eigenvalue weighted by atomic mass is 16.5. The number of nitriles is 3. The van der Waals surface area contributed by atoms with E-state index < -0.39 is 12.6 Å². The minimum Gasteiger partial charge on any atom is -0.447 e. The van der Waals surface area contributed by atoms with Crippen LogP contribution in [0, 0.1) is 34.0 Å². The number of benzene rings is 2. The zero-order valence-corrected chi connectivity index (χ0v) is 19.8. The maximum Gasteiger partial charge on any atom is 0.339 e. The third kappa shape index (κ3) is 5.61. The molecule has 0 radical (unpaired) electrons. The van der Waals surface area contributed by atoms with Gasteiger partial charge in [0.2, 0.25) is 5.91 Å². The van der Waals surface area contributed by atoms with Crippen LogP contribution in [0.15, 0.2) is 34.5 Å². The van der Waals surface area contributed by atoms with Gasteiger partial charge in [0.1, 0.15) is 29.6 Å². The van der Waals surface area contributed by atoms with Gasteiger partial charge in [-0.15, -0.1) is 10.2 Å². The van der Waals surface area contributed by atoms with Gasteiger partial charge in [0.05, 0.1) is 22.4 Å². The van der Waals surface area contributed by atoms with Crippen molar-refractivity contribution >= 4 is 34.6 Å². The molecular formula is C25H23N7O3. The summed E-state index contributed by atoms with van der Waals surface area (Å²) < 4.78 is 4.76. The van der Waals surface area contributed by atoms with Crippen molar-refractivity contribution in [2.75, 3.05) is 17.2 Å². The third-order valence-electron chi connectivity index (χ3n) is 5.41. The number of amides is 1. The summed E-state index contributed by atoms with van der Waals surface area (Å²) in [5.41, 5.74) is 2.34. The van der Waals surface area contributed by atoms with Gasteiger partial charge in [-0.05, 0) is 56.0 Å². The molecule has 1 atom stereocenters. The van der Waals surface area contributed by atoms with Crippen molar-refractivity contribution in [2.24, 2.45) is 10.2 Å². The van der Waals surface area contributed by atoms with Crippen LogP contribution in [-0.4, -0.2) is 24.0 Å². The smallest absolute Gasteiger partial charge is 0.339 e. The Morgan fingerprint density at radius 2 is 1.80 bits per heavy atom. The number of ether oxygens (including phenoxy) is 1. The number of rotatable bonds is 5. The minimum atomic E-state index is -0.838. The molecule has 0 saturated carbocycles. The number of fused-ring (bicyclic) bond motifs is 1. The van der Waals surface area contributed by atoms with Crippen molar-refractivity contribution in [1.82, 2.24) is 0 Å². The van der Waals surface area contributed by atoms with E-state index in [-0.39, 0.29) is 39.7 Å². The van der Waals surface area contributed by atoms with Gasteiger partial charge in [0, 0.05) is 18.2 Å². The average Bonchev–Trinajstić information content (AvgIpc) is 2.79. The van der Waals surface area contributed by atoms with E-state index in [0.29, 0.717) is 11.4 Å². The fraction of sp³-hybridized carbons (Fsp3) is 0.320. The van der Waals surface area contributed by atoms with Crippen LogP contribution in [0.4, 0.5) is 22.7 Å². The van der Waals surface area contributed by atoms with Gasteiger partial charge in [0.25, 0.3) is 0 Å². The number of hydrogen-bond donors (Lipinski definition) is 2. The summed E-state index contributed by atoms with van der Waals surface area (Å²) in [6.07, 6.45) is 0.886. The van der Waals surface area contributed by atoms with Crippen molar-refractivity contribution in [3.8, 4) is 18.2 Å². The predicted octanol–water partition coefficient (Wildman–Crippen LogP) is 5.18. The quantitative estimate of drug-likeness (QED) is 0.450. The lowest BCUT2D eigenvalue weighted by molar-refractivity contribution is -0.114. The number of esters is 1. The second kappa shape index (κ2) is 10.0. The minimum absolute atomic E-state index is 0.0226. The van der Waals surface area contributed by atoms with E-state index in [2.05, 4.69) is 41.6 Å². The molecule has 1 heterocycles. The lowest BCUT2D eigenvalue weighted by Crippen LogP contribution is -2.36. The lowest BCUT2D eigenvalue weighted by atomic mass is 9.81. The molecule has 1 aliphatic rings. The average molecular weight is 470 g/mol. The molecule has 10 heteroatoms. The summed E-state index contributed by atoms with van der Waals surface area (Å²) in [5.74, 6) is -0.917. The van der Waals surface area contributed by atoms with E-state index in [1.54, 1.807) is 12.1 Å². The van der Waals surface area contributed by atoms with Crippen LogP contribution >= 0.6 is 0 Å². The number of carbonyl (C=O) groups excluding carboxylic acids is 2. The second-order valence-corrected chi connectivity index (χ2v) is 8.83. The molecule has 10 nitrogen and oxygen atoms in total. The van der Waals surface area contributed by atoms with E-state index >= 15 is 0 Å². The van der Waals surface area contributed by atoms with Crippen LogP contribution < -0.4 is 10.6 Å². The van der Waals surface area contributed by atoms with Crippen molar-refractivity contribution in [3.05, 3.63) is 46.5 Å². The van der Waals surface area contributed by atoms with Gasteiger partial charge >= 0.3 is 5.97 Å². The molecule has 1 unspecified atom stereocenters. The third-order valence-corrected chi connectivity index (χ3v) is 5.41. The van der Waals surface area contributed by atoms with Gasteiger partial charge in [-0.25, -0.2) is 4.79 Å². The highest BCUT2D eigenvalue weighted by Gasteiger charge is 2.30. The Hall–Kier alpha value is -4.75. The van der Waals surface area contributed by atoms with Crippen LogP contribution in [0.5, 0.6) is 0 Å². The molecule has 176 valence electrons. The monoisotopic (exact) mass is 469 g/mol. The summed E-state index contributed by atoms with van der Waals surface area (Å²) in [6, 6.07) is 11.6.